The van der Waals surface area contributed by atoms with Crippen LogP contribution in [0.5, 0.6) is 5.75 Å². The first-order valence-electron chi connectivity index (χ1n) is 8.14. The second-order valence-electron chi connectivity index (χ2n) is 6.12. The molecule has 2 aromatic carbocycles. The molecule has 0 fully saturated rings. The molecular formula is C20H19BrN2O3. The number of nitrogens with zero attached hydrogens (tertiary/aromatic N) is 1. The van der Waals surface area contributed by atoms with Crippen molar-refractivity contribution in [2.45, 2.75) is 20.4 Å². The first-order valence-corrected chi connectivity index (χ1v) is 8.93. The standard InChI is InChI=1S/C20H19BrN2O3/c1-12-5-4-6-14(9-12)22-18(24)11-23-13(2)19(21)20(25)16-10-15(26-3)7-8-17(16)23/h4-10H,11H2,1-3H3,(H,22,24). The average molecular weight is 415 g/mol. The van der Waals surface area contributed by atoms with Crippen molar-refractivity contribution >= 4 is 38.4 Å². The molecule has 0 aliphatic rings. The van der Waals surface area contributed by atoms with Crippen LogP contribution in [-0.2, 0) is 11.3 Å². The van der Waals surface area contributed by atoms with Gasteiger partial charge in [0.25, 0.3) is 0 Å². The molecule has 0 bridgehead atoms. The van der Waals surface area contributed by atoms with E-state index >= 15 is 0 Å². The fourth-order valence-corrected chi connectivity index (χ4v) is 3.34. The van der Waals surface area contributed by atoms with Crippen molar-refractivity contribution in [3.05, 3.63) is 68.4 Å². The Kier molecular flexibility index (Phi) is 5.13. The summed E-state index contributed by atoms with van der Waals surface area (Å²) in [5.41, 5.74) is 3.09. The van der Waals surface area contributed by atoms with Crippen LogP contribution in [0.25, 0.3) is 10.9 Å². The van der Waals surface area contributed by atoms with E-state index < -0.39 is 0 Å². The molecule has 1 N–H and O–H groups in total. The van der Waals surface area contributed by atoms with Gasteiger partial charge in [-0.3, -0.25) is 9.59 Å². The van der Waals surface area contributed by atoms with E-state index in [0.717, 1.165) is 11.3 Å². The van der Waals surface area contributed by atoms with Gasteiger partial charge in [-0.2, -0.15) is 0 Å². The van der Waals surface area contributed by atoms with Crippen molar-refractivity contribution in [2.75, 3.05) is 12.4 Å². The Hall–Kier alpha value is -2.60. The quantitative estimate of drug-likeness (QED) is 0.700. The number of aromatic nitrogens is 1. The molecule has 3 rings (SSSR count). The molecule has 5 nitrogen and oxygen atoms in total. The molecule has 6 heteroatoms. The molecule has 0 aliphatic carbocycles. The third-order valence-corrected chi connectivity index (χ3v) is 5.20. The van der Waals surface area contributed by atoms with Gasteiger partial charge in [-0.1, -0.05) is 12.1 Å². The Labute approximate surface area is 159 Å². The lowest BCUT2D eigenvalue weighted by Crippen LogP contribution is -2.23. The minimum atomic E-state index is -0.161. The van der Waals surface area contributed by atoms with Gasteiger partial charge in [0.05, 0.1) is 22.5 Å². The van der Waals surface area contributed by atoms with E-state index in [9.17, 15) is 9.59 Å². The van der Waals surface area contributed by atoms with Crippen molar-refractivity contribution in [1.82, 2.24) is 4.57 Å². The van der Waals surface area contributed by atoms with E-state index in [4.69, 9.17) is 4.74 Å². The summed E-state index contributed by atoms with van der Waals surface area (Å²) < 4.78 is 7.49. The largest absolute Gasteiger partial charge is 0.497 e. The Balaban J connectivity index is 2.01. The normalized spacial score (nSPS) is 10.8. The first-order chi connectivity index (χ1) is 12.4. The highest BCUT2D eigenvalue weighted by molar-refractivity contribution is 9.10. The fourth-order valence-electron chi connectivity index (χ4n) is 2.91. The number of halogens is 1. The third-order valence-electron chi connectivity index (χ3n) is 4.26. The van der Waals surface area contributed by atoms with E-state index in [0.29, 0.717) is 26.8 Å². The van der Waals surface area contributed by atoms with Crippen LogP contribution in [0.1, 0.15) is 11.3 Å². The number of methoxy groups -OCH3 is 1. The topological polar surface area (TPSA) is 60.3 Å². The molecule has 0 saturated heterocycles. The number of carbonyl (C=O) groups excluding carboxylic acids is 1. The Morgan fingerprint density at radius 2 is 1.96 bits per heavy atom. The van der Waals surface area contributed by atoms with Crippen molar-refractivity contribution < 1.29 is 9.53 Å². The number of benzene rings is 2. The maximum absolute atomic E-state index is 12.6. The number of amides is 1. The summed E-state index contributed by atoms with van der Waals surface area (Å²) in [4.78, 5) is 25.1. The molecule has 0 atom stereocenters. The molecule has 1 heterocycles. The average Bonchev–Trinajstić information content (AvgIpc) is 2.63. The van der Waals surface area contributed by atoms with E-state index in [-0.39, 0.29) is 17.9 Å². The van der Waals surface area contributed by atoms with Crippen LogP contribution >= 0.6 is 15.9 Å². The van der Waals surface area contributed by atoms with Gasteiger partial charge in [0, 0.05) is 11.4 Å². The zero-order chi connectivity index (χ0) is 18.8. The van der Waals surface area contributed by atoms with Gasteiger partial charge in [-0.15, -0.1) is 0 Å². The number of anilines is 1. The molecular weight excluding hydrogens is 396 g/mol. The zero-order valence-electron chi connectivity index (χ0n) is 14.8. The van der Waals surface area contributed by atoms with Crippen LogP contribution in [0.2, 0.25) is 0 Å². The van der Waals surface area contributed by atoms with Gasteiger partial charge < -0.3 is 14.6 Å². The lowest BCUT2D eigenvalue weighted by atomic mass is 10.1. The predicted octanol–water partition coefficient (Wildman–Crippen LogP) is 4.03. The lowest BCUT2D eigenvalue weighted by Gasteiger charge is -2.16. The number of ether oxygens (including phenoxy) is 1. The van der Waals surface area contributed by atoms with Crippen LogP contribution in [-0.4, -0.2) is 17.6 Å². The van der Waals surface area contributed by atoms with Gasteiger partial charge in [-0.25, -0.2) is 0 Å². The summed E-state index contributed by atoms with van der Waals surface area (Å²) in [5, 5.41) is 3.41. The van der Waals surface area contributed by atoms with E-state index in [1.807, 2.05) is 42.7 Å². The Morgan fingerprint density at radius 1 is 1.19 bits per heavy atom. The highest BCUT2D eigenvalue weighted by atomic mass is 79.9. The van der Waals surface area contributed by atoms with Crippen molar-refractivity contribution in [2.24, 2.45) is 0 Å². The minimum absolute atomic E-state index is 0.0987. The smallest absolute Gasteiger partial charge is 0.244 e. The lowest BCUT2D eigenvalue weighted by molar-refractivity contribution is -0.116. The molecule has 134 valence electrons. The Bertz CT molecular complexity index is 1060. The van der Waals surface area contributed by atoms with Gasteiger partial charge >= 0.3 is 0 Å². The number of pyridine rings is 1. The number of hydrogen-bond acceptors (Lipinski definition) is 3. The van der Waals surface area contributed by atoms with Crippen LogP contribution in [0.4, 0.5) is 5.69 Å². The molecule has 26 heavy (non-hydrogen) atoms. The summed E-state index contributed by atoms with van der Waals surface area (Å²) in [6.07, 6.45) is 0. The second kappa shape index (κ2) is 7.33. The van der Waals surface area contributed by atoms with E-state index in [2.05, 4.69) is 21.2 Å². The van der Waals surface area contributed by atoms with Crippen molar-refractivity contribution in [3.63, 3.8) is 0 Å². The fraction of sp³-hybridized carbons (Fsp3) is 0.200. The van der Waals surface area contributed by atoms with Gasteiger partial charge in [0.15, 0.2) is 0 Å². The summed E-state index contributed by atoms with van der Waals surface area (Å²) in [7, 11) is 1.55. The maximum atomic E-state index is 12.6. The third kappa shape index (κ3) is 3.51. The SMILES string of the molecule is COc1ccc2c(c1)c(=O)c(Br)c(C)n2CC(=O)Nc1cccc(C)c1. The monoisotopic (exact) mass is 414 g/mol. The molecule has 3 aromatic rings. The number of carbonyl (C=O) groups is 1. The number of hydrogen-bond donors (Lipinski definition) is 1. The molecule has 0 unspecified atom stereocenters. The Morgan fingerprint density at radius 3 is 2.65 bits per heavy atom. The van der Waals surface area contributed by atoms with Gasteiger partial charge in [0.1, 0.15) is 12.3 Å². The number of nitrogens with one attached hydrogen (secondary N) is 1. The van der Waals surface area contributed by atoms with E-state index in [1.54, 1.807) is 25.3 Å². The van der Waals surface area contributed by atoms with Crippen LogP contribution < -0.4 is 15.5 Å². The summed E-state index contributed by atoms with van der Waals surface area (Å²) in [6.45, 7) is 3.89. The first kappa shape index (κ1) is 18.2. The summed E-state index contributed by atoms with van der Waals surface area (Å²) in [5.74, 6) is 0.437. The summed E-state index contributed by atoms with van der Waals surface area (Å²) >= 11 is 3.36. The van der Waals surface area contributed by atoms with Crippen molar-refractivity contribution in [3.8, 4) is 5.75 Å². The highest BCUT2D eigenvalue weighted by Gasteiger charge is 2.15. The molecule has 0 radical (unpaired) electrons. The second-order valence-corrected chi connectivity index (χ2v) is 6.91. The summed E-state index contributed by atoms with van der Waals surface area (Å²) in [6, 6.07) is 12.9. The zero-order valence-corrected chi connectivity index (χ0v) is 16.4. The molecule has 0 spiro atoms. The van der Waals surface area contributed by atoms with Crippen LogP contribution in [0, 0.1) is 13.8 Å². The number of aryl methyl sites for hydroxylation is 1. The number of fused-ring (bicyclic) bond motifs is 1. The molecule has 1 amide bonds. The predicted molar refractivity (Wildman–Crippen MR) is 107 cm³/mol. The minimum Gasteiger partial charge on any atom is -0.497 e. The molecule has 1 aromatic heterocycles. The molecule has 0 saturated carbocycles. The molecule has 0 aliphatic heterocycles. The van der Waals surface area contributed by atoms with Gasteiger partial charge in [-0.05, 0) is 65.7 Å². The van der Waals surface area contributed by atoms with Crippen LogP contribution in [0.3, 0.4) is 0 Å². The number of rotatable bonds is 4. The van der Waals surface area contributed by atoms with Crippen molar-refractivity contribution in [1.29, 1.82) is 0 Å². The maximum Gasteiger partial charge on any atom is 0.244 e. The van der Waals surface area contributed by atoms with Crippen LogP contribution in [0.15, 0.2) is 51.7 Å². The van der Waals surface area contributed by atoms with Gasteiger partial charge in [0.2, 0.25) is 11.3 Å². The van der Waals surface area contributed by atoms with E-state index in [1.165, 1.54) is 0 Å². The highest BCUT2D eigenvalue weighted by Crippen LogP contribution is 2.23.